The van der Waals surface area contributed by atoms with Gasteiger partial charge in [0.15, 0.2) is 0 Å². The van der Waals surface area contributed by atoms with Gasteiger partial charge in [-0.25, -0.2) is 0 Å². The number of aliphatic carboxylic acids is 2. The molecule has 102 valence electrons. The van der Waals surface area contributed by atoms with Crippen LogP contribution >= 0.6 is 0 Å². The van der Waals surface area contributed by atoms with E-state index >= 15 is 0 Å². The van der Waals surface area contributed by atoms with Crippen LogP contribution in [0, 0.1) is 5.92 Å². The van der Waals surface area contributed by atoms with Gasteiger partial charge in [-0.05, 0) is 12.5 Å². The molecule has 0 spiro atoms. The van der Waals surface area contributed by atoms with E-state index in [9.17, 15) is 14.7 Å². The summed E-state index contributed by atoms with van der Waals surface area (Å²) < 4.78 is 10.2. The lowest BCUT2D eigenvalue weighted by Crippen LogP contribution is -2.25. The number of benzene rings is 1. The first-order chi connectivity index (χ1) is 8.97. The molecule has 2 rings (SSSR count). The smallest absolute Gasteiger partial charge is 0.315 e. The van der Waals surface area contributed by atoms with Crippen molar-refractivity contribution in [2.45, 2.75) is 11.8 Å². The Balaban J connectivity index is 2.51. The maximum atomic E-state index is 11.5. The molecule has 0 heterocycles. The largest absolute Gasteiger partial charge is 0.497 e. The zero-order chi connectivity index (χ0) is 14.2. The van der Waals surface area contributed by atoms with E-state index < -0.39 is 23.3 Å². The van der Waals surface area contributed by atoms with Gasteiger partial charge in [0.25, 0.3) is 0 Å². The van der Waals surface area contributed by atoms with Gasteiger partial charge in [0, 0.05) is 11.6 Å². The molecular weight excluding hydrogens is 252 g/mol. The molecule has 6 nitrogen and oxygen atoms in total. The third-order valence-electron chi connectivity index (χ3n) is 3.53. The van der Waals surface area contributed by atoms with Crippen molar-refractivity contribution in [1.29, 1.82) is 0 Å². The minimum Gasteiger partial charge on any atom is -0.497 e. The second-order valence-electron chi connectivity index (χ2n) is 4.44. The van der Waals surface area contributed by atoms with Gasteiger partial charge in [-0.2, -0.15) is 0 Å². The first-order valence-corrected chi connectivity index (χ1v) is 5.66. The van der Waals surface area contributed by atoms with Crippen molar-refractivity contribution in [1.82, 2.24) is 0 Å². The lowest BCUT2D eigenvalue weighted by atomic mass is 9.92. The summed E-state index contributed by atoms with van der Waals surface area (Å²) in [5.41, 5.74) is -1.03. The molecule has 0 aromatic heterocycles. The zero-order valence-corrected chi connectivity index (χ0v) is 10.5. The summed E-state index contributed by atoms with van der Waals surface area (Å²) in [4.78, 5) is 22.5. The fourth-order valence-electron chi connectivity index (χ4n) is 2.38. The van der Waals surface area contributed by atoms with Crippen LogP contribution in [-0.2, 0) is 15.0 Å². The van der Waals surface area contributed by atoms with Gasteiger partial charge in [-0.3, -0.25) is 9.59 Å². The summed E-state index contributed by atoms with van der Waals surface area (Å²) in [6.45, 7) is 0. The summed E-state index contributed by atoms with van der Waals surface area (Å²) in [6.07, 6.45) is 0.0698. The van der Waals surface area contributed by atoms with E-state index in [0.29, 0.717) is 17.1 Å². The van der Waals surface area contributed by atoms with E-state index in [1.165, 1.54) is 14.2 Å². The lowest BCUT2D eigenvalue weighted by Gasteiger charge is -2.16. The Kier molecular flexibility index (Phi) is 3.09. The maximum absolute atomic E-state index is 11.5. The second-order valence-corrected chi connectivity index (χ2v) is 4.44. The lowest BCUT2D eigenvalue weighted by molar-refractivity contribution is -0.145. The van der Waals surface area contributed by atoms with Crippen LogP contribution in [0.25, 0.3) is 0 Å². The van der Waals surface area contributed by atoms with Crippen molar-refractivity contribution >= 4 is 11.9 Å². The highest BCUT2D eigenvalue weighted by Crippen LogP contribution is 2.57. The Hall–Kier alpha value is -2.24. The minimum atomic E-state index is -1.40. The average molecular weight is 266 g/mol. The van der Waals surface area contributed by atoms with Gasteiger partial charge in [0.05, 0.1) is 20.1 Å². The number of carbonyl (C=O) groups is 2. The Morgan fingerprint density at radius 1 is 1.26 bits per heavy atom. The molecule has 1 aliphatic carbocycles. The normalized spacial score (nSPS) is 24.6. The van der Waals surface area contributed by atoms with E-state index in [0.717, 1.165) is 0 Å². The van der Waals surface area contributed by atoms with E-state index in [2.05, 4.69) is 0 Å². The highest BCUT2D eigenvalue weighted by Gasteiger charge is 2.66. The van der Waals surface area contributed by atoms with Crippen molar-refractivity contribution in [3.8, 4) is 11.5 Å². The van der Waals surface area contributed by atoms with Crippen molar-refractivity contribution in [2.24, 2.45) is 5.92 Å². The van der Waals surface area contributed by atoms with Crippen molar-refractivity contribution in [3.05, 3.63) is 23.8 Å². The molecule has 19 heavy (non-hydrogen) atoms. The molecule has 0 radical (unpaired) electrons. The molecule has 2 N–H and O–H groups in total. The van der Waals surface area contributed by atoms with E-state index in [-0.39, 0.29) is 6.42 Å². The first-order valence-electron chi connectivity index (χ1n) is 5.66. The molecule has 1 aromatic carbocycles. The van der Waals surface area contributed by atoms with Crippen LogP contribution in [0.5, 0.6) is 11.5 Å². The molecule has 0 bridgehead atoms. The Labute approximate surface area is 109 Å². The Bertz CT molecular complexity index is 538. The second kappa shape index (κ2) is 4.46. The van der Waals surface area contributed by atoms with Gasteiger partial charge >= 0.3 is 11.9 Å². The number of rotatable bonds is 5. The van der Waals surface area contributed by atoms with Crippen LogP contribution < -0.4 is 9.47 Å². The summed E-state index contributed by atoms with van der Waals surface area (Å²) in [6, 6.07) is 4.70. The van der Waals surface area contributed by atoms with Gasteiger partial charge in [-0.15, -0.1) is 0 Å². The highest BCUT2D eigenvalue weighted by molar-refractivity contribution is 5.95. The van der Waals surface area contributed by atoms with E-state index in [1.807, 2.05) is 0 Å². The number of carboxylic acids is 2. The van der Waals surface area contributed by atoms with Gasteiger partial charge in [0.1, 0.15) is 16.9 Å². The van der Waals surface area contributed by atoms with E-state index in [1.54, 1.807) is 18.2 Å². The van der Waals surface area contributed by atoms with Gasteiger partial charge in [0.2, 0.25) is 0 Å². The number of ether oxygens (including phenoxy) is 2. The Morgan fingerprint density at radius 3 is 2.37 bits per heavy atom. The molecule has 0 amide bonds. The van der Waals surface area contributed by atoms with Gasteiger partial charge < -0.3 is 19.7 Å². The Morgan fingerprint density at radius 2 is 1.95 bits per heavy atom. The standard InChI is InChI=1S/C13H14O6/c1-18-7-3-4-8(10(5-7)19-2)13(12(16)17)6-9(13)11(14)15/h3-5,9H,6H2,1-2H3,(H,14,15)(H,16,17). The molecule has 1 fully saturated rings. The predicted octanol–water partition coefficient (Wildman–Crippen LogP) is 1.13. The van der Waals surface area contributed by atoms with Crippen LogP contribution in [-0.4, -0.2) is 36.4 Å². The molecular formula is C13H14O6. The van der Waals surface area contributed by atoms with Crippen LogP contribution in [0.3, 0.4) is 0 Å². The van der Waals surface area contributed by atoms with Crippen molar-refractivity contribution < 1.29 is 29.3 Å². The molecule has 0 saturated heterocycles. The quantitative estimate of drug-likeness (QED) is 0.829. The number of hydrogen-bond donors (Lipinski definition) is 2. The summed E-state index contributed by atoms with van der Waals surface area (Å²) >= 11 is 0. The molecule has 0 aliphatic heterocycles. The maximum Gasteiger partial charge on any atom is 0.315 e. The summed E-state index contributed by atoms with van der Waals surface area (Å²) in [5.74, 6) is -2.34. The monoisotopic (exact) mass is 266 g/mol. The predicted molar refractivity (Wildman–Crippen MR) is 64.6 cm³/mol. The van der Waals surface area contributed by atoms with Crippen LogP contribution in [0.1, 0.15) is 12.0 Å². The topological polar surface area (TPSA) is 93.1 Å². The average Bonchev–Trinajstić information content (AvgIpc) is 3.14. The van der Waals surface area contributed by atoms with E-state index in [4.69, 9.17) is 14.6 Å². The molecule has 1 saturated carbocycles. The molecule has 6 heteroatoms. The molecule has 1 aliphatic rings. The fourth-order valence-corrected chi connectivity index (χ4v) is 2.38. The fraction of sp³-hybridized carbons (Fsp3) is 0.385. The highest BCUT2D eigenvalue weighted by atomic mass is 16.5. The van der Waals surface area contributed by atoms with Crippen LogP contribution in [0.4, 0.5) is 0 Å². The van der Waals surface area contributed by atoms with Crippen molar-refractivity contribution in [2.75, 3.05) is 14.2 Å². The molecule has 1 aromatic rings. The SMILES string of the molecule is COc1ccc(C2(C(=O)O)CC2C(=O)O)c(OC)c1. The summed E-state index contributed by atoms with van der Waals surface area (Å²) in [7, 11) is 2.89. The number of carboxylic acid groups (broad SMARTS) is 2. The van der Waals surface area contributed by atoms with Crippen molar-refractivity contribution in [3.63, 3.8) is 0 Å². The van der Waals surface area contributed by atoms with Crippen LogP contribution in [0.15, 0.2) is 18.2 Å². The first kappa shape index (κ1) is 13.2. The zero-order valence-electron chi connectivity index (χ0n) is 10.5. The number of hydrogen-bond acceptors (Lipinski definition) is 4. The molecule has 2 unspecified atom stereocenters. The third-order valence-corrected chi connectivity index (χ3v) is 3.53. The van der Waals surface area contributed by atoms with Gasteiger partial charge in [-0.1, -0.05) is 6.07 Å². The minimum absolute atomic E-state index is 0.0698. The van der Waals surface area contributed by atoms with Crippen LogP contribution in [0.2, 0.25) is 0 Å². The molecule has 2 atom stereocenters. The summed E-state index contributed by atoms with van der Waals surface area (Å²) in [5, 5.41) is 18.4. The number of methoxy groups -OCH3 is 2. The third kappa shape index (κ3) is 1.89.